The van der Waals surface area contributed by atoms with Crippen LogP contribution in [0.3, 0.4) is 0 Å². The number of likely N-dealkylation sites (tertiary alicyclic amines) is 1. The van der Waals surface area contributed by atoms with Crippen LogP contribution in [0.15, 0.2) is 0 Å². The minimum Gasteiger partial charge on any atom is -0.345 e. The Kier molecular flexibility index (Phi) is 5.69. The van der Waals surface area contributed by atoms with Gasteiger partial charge in [0.15, 0.2) is 0 Å². The summed E-state index contributed by atoms with van der Waals surface area (Å²) >= 11 is 0. The molecule has 0 atom stereocenters. The molecule has 0 radical (unpaired) electrons. The molecule has 1 rings (SSSR count). The molecular weight excluding hydrogens is 188 g/mol. The highest BCUT2D eigenvalue weighted by Crippen LogP contribution is 2.20. The van der Waals surface area contributed by atoms with Crippen molar-refractivity contribution in [3.63, 3.8) is 0 Å². The van der Waals surface area contributed by atoms with Gasteiger partial charge in [-0.05, 0) is 38.1 Å². The normalized spacial score (nSPS) is 18.5. The SMILES string of the molecule is CC(C)NCCCC1CCN(C=O)CC1. The van der Waals surface area contributed by atoms with Crippen LogP contribution in [-0.2, 0) is 4.79 Å². The lowest BCUT2D eigenvalue weighted by atomic mass is 9.92. The van der Waals surface area contributed by atoms with Gasteiger partial charge < -0.3 is 10.2 Å². The lowest BCUT2D eigenvalue weighted by Crippen LogP contribution is -2.32. The van der Waals surface area contributed by atoms with Crippen LogP contribution < -0.4 is 5.32 Å². The molecule has 0 bridgehead atoms. The monoisotopic (exact) mass is 212 g/mol. The second-order valence-electron chi connectivity index (χ2n) is 4.84. The van der Waals surface area contributed by atoms with E-state index in [0.29, 0.717) is 6.04 Å². The lowest BCUT2D eigenvalue weighted by Gasteiger charge is -2.29. The average molecular weight is 212 g/mol. The number of piperidine rings is 1. The lowest BCUT2D eigenvalue weighted by molar-refractivity contribution is -0.119. The van der Waals surface area contributed by atoms with Crippen LogP contribution in [0.5, 0.6) is 0 Å². The third-order valence-electron chi connectivity index (χ3n) is 3.14. The van der Waals surface area contributed by atoms with Crippen molar-refractivity contribution in [2.45, 2.75) is 45.6 Å². The summed E-state index contributed by atoms with van der Waals surface area (Å²) in [5.74, 6) is 0.843. The van der Waals surface area contributed by atoms with E-state index in [4.69, 9.17) is 0 Å². The molecular formula is C12H24N2O. The molecule has 3 heteroatoms. The predicted molar refractivity (Wildman–Crippen MR) is 62.7 cm³/mol. The first kappa shape index (κ1) is 12.5. The number of amides is 1. The van der Waals surface area contributed by atoms with Crippen molar-refractivity contribution in [1.29, 1.82) is 0 Å². The zero-order valence-electron chi connectivity index (χ0n) is 10.0. The maximum atomic E-state index is 10.5. The minimum absolute atomic E-state index is 0.599. The van der Waals surface area contributed by atoms with Crippen molar-refractivity contribution < 1.29 is 4.79 Å². The van der Waals surface area contributed by atoms with Crippen molar-refractivity contribution in [2.24, 2.45) is 5.92 Å². The number of hydrogen-bond donors (Lipinski definition) is 1. The zero-order valence-corrected chi connectivity index (χ0v) is 10.0. The number of nitrogens with one attached hydrogen (secondary N) is 1. The Hall–Kier alpha value is -0.570. The smallest absolute Gasteiger partial charge is 0.209 e. The number of nitrogens with zero attached hydrogens (tertiary/aromatic N) is 1. The van der Waals surface area contributed by atoms with Gasteiger partial charge in [0.25, 0.3) is 0 Å². The van der Waals surface area contributed by atoms with Crippen LogP contribution >= 0.6 is 0 Å². The van der Waals surface area contributed by atoms with Gasteiger partial charge in [-0.1, -0.05) is 13.8 Å². The molecule has 88 valence electrons. The van der Waals surface area contributed by atoms with E-state index in [0.717, 1.165) is 32.0 Å². The van der Waals surface area contributed by atoms with Crippen molar-refractivity contribution in [2.75, 3.05) is 19.6 Å². The van der Waals surface area contributed by atoms with Crippen LogP contribution in [0, 0.1) is 5.92 Å². The molecule has 1 saturated heterocycles. The first-order chi connectivity index (χ1) is 7.22. The Morgan fingerprint density at radius 2 is 2.07 bits per heavy atom. The molecule has 0 aromatic rings. The first-order valence-electron chi connectivity index (χ1n) is 6.15. The molecule has 1 N–H and O–H groups in total. The van der Waals surface area contributed by atoms with E-state index in [1.807, 2.05) is 4.90 Å². The zero-order chi connectivity index (χ0) is 11.1. The van der Waals surface area contributed by atoms with Gasteiger partial charge >= 0.3 is 0 Å². The van der Waals surface area contributed by atoms with Crippen LogP contribution in [-0.4, -0.2) is 37.0 Å². The van der Waals surface area contributed by atoms with Gasteiger partial charge in [-0.2, -0.15) is 0 Å². The minimum atomic E-state index is 0.599. The van der Waals surface area contributed by atoms with Crippen LogP contribution in [0.1, 0.15) is 39.5 Å². The predicted octanol–water partition coefficient (Wildman–Crippen LogP) is 1.63. The summed E-state index contributed by atoms with van der Waals surface area (Å²) in [5, 5.41) is 3.44. The third-order valence-corrected chi connectivity index (χ3v) is 3.14. The summed E-state index contributed by atoms with van der Waals surface area (Å²) in [6, 6.07) is 0.599. The Morgan fingerprint density at radius 3 is 2.60 bits per heavy atom. The number of carbonyl (C=O) groups excluding carboxylic acids is 1. The van der Waals surface area contributed by atoms with Crippen molar-refractivity contribution in [1.82, 2.24) is 10.2 Å². The highest BCUT2D eigenvalue weighted by molar-refractivity contribution is 5.47. The summed E-state index contributed by atoms with van der Waals surface area (Å²) in [7, 11) is 0. The van der Waals surface area contributed by atoms with Crippen molar-refractivity contribution in [3.05, 3.63) is 0 Å². The topological polar surface area (TPSA) is 32.3 Å². The summed E-state index contributed by atoms with van der Waals surface area (Å²) in [4.78, 5) is 12.4. The van der Waals surface area contributed by atoms with Crippen LogP contribution in [0.2, 0.25) is 0 Å². The van der Waals surface area contributed by atoms with E-state index in [9.17, 15) is 4.79 Å². The number of rotatable bonds is 6. The Bertz CT molecular complexity index is 174. The Morgan fingerprint density at radius 1 is 1.40 bits per heavy atom. The highest BCUT2D eigenvalue weighted by Gasteiger charge is 2.17. The quantitative estimate of drug-likeness (QED) is 0.536. The van der Waals surface area contributed by atoms with Gasteiger partial charge in [-0.25, -0.2) is 0 Å². The number of carbonyl (C=O) groups is 1. The van der Waals surface area contributed by atoms with E-state index in [-0.39, 0.29) is 0 Å². The molecule has 0 aliphatic carbocycles. The van der Waals surface area contributed by atoms with E-state index < -0.39 is 0 Å². The fourth-order valence-electron chi connectivity index (χ4n) is 2.13. The van der Waals surface area contributed by atoms with Crippen LogP contribution in [0.25, 0.3) is 0 Å². The molecule has 3 nitrogen and oxygen atoms in total. The standard InChI is InChI=1S/C12H24N2O/c1-11(2)13-7-3-4-12-5-8-14(10-15)9-6-12/h10-13H,3-9H2,1-2H3. The third kappa shape index (κ3) is 5.17. The molecule has 0 saturated carbocycles. The summed E-state index contributed by atoms with van der Waals surface area (Å²) in [6.07, 6.45) is 5.95. The van der Waals surface area contributed by atoms with Gasteiger partial charge in [-0.3, -0.25) is 4.79 Å². The average Bonchev–Trinajstić information content (AvgIpc) is 2.25. The molecule has 1 heterocycles. The van der Waals surface area contributed by atoms with E-state index in [1.54, 1.807) is 0 Å². The molecule has 0 aromatic carbocycles. The van der Waals surface area contributed by atoms with Crippen LogP contribution in [0.4, 0.5) is 0 Å². The van der Waals surface area contributed by atoms with Gasteiger partial charge in [0.05, 0.1) is 0 Å². The Balaban J connectivity index is 2.01. The fourth-order valence-corrected chi connectivity index (χ4v) is 2.13. The molecule has 0 spiro atoms. The summed E-state index contributed by atoms with van der Waals surface area (Å²) in [6.45, 7) is 7.42. The van der Waals surface area contributed by atoms with Gasteiger partial charge in [-0.15, -0.1) is 0 Å². The van der Waals surface area contributed by atoms with E-state index >= 15 is 0 Å². The van der Waals surface area contributed by atoms with Crippen molar-refractivity contribution >= 4 is 6.41 Å². The van der Waals surface area contributed by atoms with Gasteiger partial charge in [0.1, 0.15) is 0 Å². The molecule has 15 heavy (non-hydrogen) atoms. The van der Waals surface area contributed by atoms with E-state index in [1.165, 1.54) is 25.7 Å². The Labute approximate surface area is 93.2 Å². The summed E-state index contributed by atoms with van der Waals surface area (Å²) < 4.78 is 0. The molecule has 0 unspecified atom stereocenters. The fraction of sp³-hybridized carbons (Fsp3) is 0.917. The molecule has 1 fully saturated rings. The maximum absolute atomic E-state index is 10.5. The second kappa shape index (κ2) is 6.83. The molecule has 1 amide bonds. The first-order valence-corrected chi connectivity index (χ1v) is 6.15. The van der Waals surface area contributed by atoms with Gasteiger partial charge in [0.2, 0.25) is 6.41 Å². The second-order valence-corrected chi connectivity index (χ2v) is 4.84. The maximum Gasteiger partial charge on any atom is 0.209 e. The van der Waals surface area contributed by atoms with E-state index in [2.05, 4.69) is 19.2 Å². The molecule has 0 aromatic heterocycles. The molecule has 1 aliphatic rings. The molecule has 1 aliphatic heterocycles. The number of hydrogen-bond acceptors (Lipinski definition) is 2. The summed E-state index contributed by atoms with van der Waals surface area (Å²) in [5.41, 5.74) is 0. The van der Waals surface area contributed by atoms with Crippen molar-refractivity contribution in [3.8, 4) is 0 Å². The highest BCUT2D eigenvalue weighted by atomic mass is 16.1. The van der Waals surface area contributed by atoms with Gasteiger partial charge in [0, 0.05) is 19.1 Å². The largest absolute Gasteiger partial charge is 0.345 e.